The number of nitrogens with zero attached hydrogens (tertiary/aromatic N) is 3. The van der Waals surface area contributed by atoms with Crippen molar-refractivity contribution in [2.24, 2.45) is 16.0 Å². The maximum absolute atomic E-state index is 12.7. The van der Waals surface area contributed by atoms with Crippen LogP contribution in [0.1, 0.15) is 37.5 Å². The number of benzene rings is 2. The number of hydrogen-bond donors (Lipinski definition) is 1. The zero-order valence-electron chi connectivity index (χ0n) is 21.1. The predicted molar refractivity (Wildman–Crippen MR) is 144 cm³/mol. The molecule has 9 heteroatoms. The molecule has 0 aliphatic carbocycles. The van der Waals surface area contributed by atoms with Gasteiger partial charge in [-0.05, 0) is 79.6 Å². The van der Waals surface area contributed by atoms with Gasteiger partial charge in [0.15, 0.2) is 17.3 Å². The molecule has 0 atom stereocenters. The van der Waals surface area contributed by atoms with Gasteiger partial charge < -0.3 is 14.2 Å². The molecule has 8 nitrogen and oxygen atoms in total. The third-order valence-corrected chi connectivity index (χ3v) is 6.84. The standard InChI is InChI=1S/C27H30N4O4S/c1-6-33-23-15-19(8-10-22(23)35-12-11-34-20-9-7-17(4)18(5)13-20)14-21-24(28)31-27(29-25(21)32)36-26(30-31)16(2)3/h7-10,13-16,28H,6,11-12H2,1-5H3. The number of aryl methyl sites for hydroxylation is 2. The lowest BCUT2D eigenvalue weighted by molar-refractivity contribution is -0.114. The number of carbonyl (C=O) groups excluding carboxylic acids is 1. The van der Waals surface area contributed by atoms with Crippen molar-refractivity contribution in [2.75, 3.05) is 19.8 Å². The molecule has 2 aromatic carbocycles. The number of rotatable bonds is 9. The largest absolute Gasteiger partial charge is 0.490 e. The van der Waals surface area contributed by atoms with E-state index in [-0.39, 0.29) is 17.3 Å². The maximum atomic E-state index is 12.7. The Bertz CT molecular complexity index is 1280. The lowest BCUT2D eigenvalue weighted by Crippen LogP contribution is -2.35. The van der Waals surface area contributed by atoms with Crippen LogP contribution in [0.3, 0.4) is 0 Å². The van der Waals surface area contributed by atoms with E-state index >= 15 is 0 Å². The average molecular weight is 507 g/mol. The molecule has 2 aromatic rings. The van der Waals surface area contributed by atoms with Crippen molar-refractivity contribution in [1.82, 2.24) is 5.01 Å². The fourth-order valence-electron chi connectivity index (χ4n) is 3.52. The number of aliphatic imine (C=N–C) groups is 1. The molecule has 2 heterocycles. The van der Waals surface area contributed by atoms with Crippen LogP contribution in [0, 0.1) is 25.2 Å². The third-order valence-electron chi connectivity index (χ3n) is 5.63. The van der Waals surface area contributed by atoms with Crippen LogP contribution in [0.5, 0.6) is 17.2 Å². The number of amides is 1. The molecule has 0 radical (unpaired) electrons. The van der Waals surface area contributed by atoms with Gasteiger partial charge in [0.05, 0.1) is 12.2 Å². The van der Waals surface area contributed by atoms with Crippen molar-refractivity contribution in [1.29, 1.82) is 5.41 Å². The molecule has 2 aliphatic heterocycles. The van der Waals surface area contributed by atoms with Crippen molar-refractivity contribution >= 4 is 39.8 Å². The first-order valence-electron chi connectivity index (χ1n) is 11.9. The minimum atomic E-state index is -0.458. The first-order valence-corrected chi connectivity index (χ1v) is 12.7. The Morgan fingerprint density at radius 1 is 1.03 bits per heavy atom. The molecule has 4 rings (SSSR count). The number of thioether (sulfide) groups is 1. The van der Waals surface area contributed by atoms with E-state index in [0.29, 0.717) is 42.1 Å². The molecule has 1 N–H and O–H groups in total. The van der Waals surface area contributed by atoms with E-state index < -0.39 is 5.91 Å². The Kier molecular flexibility index (Phi) is 7.79. The summed E-state index contributed by atoms with van der Waals surface area (Å²) in [5.74, 6) is 1.67. The van der Waals surface area contributed by atoms with Gasteiger partial charge in [0.25, 0.3) is 5.91 Å². The normalized spacial score (nSPS) is 16.3. The zero-order valence-corrected chi connectivity index (χ0v) is 21.9. The molecule has 0 fully saturated rings. The average Bonchev–Trinajstić information content (AvgIpc) is 3.27. The number of fused-ring (bicyclic) bond motifs is 1. The maximum Gasteiger partial charge on any atom is 0.283 e. The van der Waals surface area contributed by atoms with Gasteiger partial charge in [0.1, 0.15) is 24.0 Å². The van der Waals surface area contributed by atoms with Gasteiger partial charge in [0.2, 0.25) is 5.17 Å². The van der Waals surface area contributed by atoms with Gasteiger partial charge in [0, 0.05) is 5.92 Å². The molecule has 0 bridgehead atoms. The van der Waals surface area contributed by atoms with Gasteiger partial charge in [-0.2, -0.15) is 15.1 Å². The predicted octanol–water partition coefficient (Wildman–Crippen LogP) is 5.44. The minimum Gasteiger partial charge on any atom is -0.490 e. The summed E-state index contributed by atoms with van der Waals surface area (Å²) in [4.78, 5) is 16.8. The molecule has 0 saturated heterocycles. The molecule has 188 valence electrons. The second kappa shape index (κ2) is 11.0. The first-order chi connectivity index (χ1) is 17.3. The van der Waals surface area contributed by atoms with Gasteiger partial charge in [-0.25, -0.2) is 0 Å². The molecule has 36 heavy (non-hydrogen) atoms. The molecular weight excluding hydrogens is 476 g/mol. The highest BCUT2D eigenvalue weighted by Crippen LogP contribution is 2.33. The van der Waals surface area contributed by atoms with Gasteiger partial charge in [-0.3, -0.25) is 10.2 Å². The molecular formula is C27H30N4O4S. The lowest BCUT2D eigenvalue weighted by atomic mass is 10.1. The Labute approximate surface area is 215 Å². The van der Waals surface area contributed by atoms with Crippen LogP contribution in [0.25, 0.3) is 6.08 Å². The van der Waals surface area contributed by atoms with Crippen molar-refractivity contribution in [3.8, 4) is 17.2 Å². The van der Waals surface area contributed by atoms with Crippen molar-refractivity contribution in [2.45, 2.75) is 34.6 Å². The van der Waals surface area contributed by atoms with Crippen LogP contribution in [0.4, 0.5) is 0 Å². The smallest absolute Gasteiger partial charge is 0.283 e. The van der Waals surface area contributed by atoms with Gasteiger partial charge in [-0.15, -0.1) is 0 Å². The Hall–Kier alpha value is -3.59. The summed E-state index contributed by atoms with van der Waals surface area (Å²) in [5.41, 5.74) is 3.27. The van der Waals surface area contributed by atoms with Crippen LogP contribution in [0.2, 0.25) is 0 Å². The van der Waals surface area contributed by atoms with Crippen LogP contribution in [0.15, 0.2) is 52.1 Å². The topological polar surface area (TPSA) is 96.6 Å². The van der Waals surface area contributed by atoms with E-state index in [0.717, 1.165) is 10.8 Å². The number of hydrogen-bond acceptors (Lipinski definition) is 7. The molecule has 1 amide bonds. The summed E-state index contributed by atoms with van der Waals surface area (Å²) < 4.78 is 17.5. The monoisotopic (exact) mass is 506 g/mol. The summed E-state index contributed by atoms with van der Waals surface area (Å²) in [7, 11) is 0. The van der Waals surface area contributed by atoms with Crippen molar-refractivity contribution in [3.05, 3.63) is 58.7 Å². The molecule has 0 unspecified atom stereocenters. The highest BCUT2D eigenvalue weighted by Gasteiger charge is 2.36. The summed E-state index contributed by atoms with van der Waals surface area (Å²) in [6.45, 7) is 11.2. The van der Waals surface area contributed by atoms with E-state index in [1.54, 1.807) is 18.2 Å². The second-order valence-electron chi connectivity index (χ2n) is 8.70. The minimum absolute atomic E-state index is 0.00919. The third kappa shape index (κ3) is 5.62. The molecule has 0 aromatic heterocycles. The highest BCUT2D eigenvalue weighted by atomic mass is 32.2. The van der Waals surface area contributed by atoms with E-state index in [2.05, 4.69) is 23.9 Å². The number of nitrogens with one attached hydrogen (secondary N) is 1. The number of amidine groups is 2. The van der Waals surface area contributed by atoms with Gasteiger partial charge >= 0.3 is 0 Å². The lowest BCUT2D eigenvalue weighted by Gasteiger charge is -2.20. The Balaban J connectivity index is 1.46. The van der Waals surface area contributed by atoms with Crippen LogP contribution in [-0.2, 0) is 4.79 Å². The van der Waals surface area contributed by atoms with E-state index in [1.807, 2.05) is 45.0 Å². The molecule has 0 spiro atoms. The summed E-state index contributed by atoms with van der Waals surface area (Å²) in [6, 6.07) is 11.4. The summed E-state index contributed by atoms with van der Waals surface area (Å²) in [5, 5.41) is 15.7. The Morgan fingerprint density at radius 2 is 1.81 bits per heavy atom. The summed E-state index contributed by atoms with van der Waals surface area (Å²) >= 11 is 1.33. The van der Waals surface area contributed by atoms with Crippen LogP contribution < -0.4 is 14.2 Å². The van der Waals surface area contributed by atoms with Crippen LogP contribution in [-0.4, -0.2) is 46.8 Å². The van der Waals surface area contributed by atoms with E-state index in [9.17, 15) is 4.79 Å². The number of ether oxygens (including phenoxy) is 3. The van der Waals surface area contributed by atoms with Crippen molar-refractivity contribution < 1.29 is 19.0 Å². The molecule has 0 saturated carbocycles. The quantitative estimate of drug-likeness (QED) is 0.360. The number of carbonyl (C=O) groups is 1. The van der Waals surface area contributed by atoms with Gasteiger partial charge in [-0.1, -0.05) is 26.0 Å². The summed E-state index contributed by atoms with van der Waals surface area (Å²) in [6.07, 6.45) is 1.63. The molecule has 2 aliphatic rings. The first kappa shape index (κ1) is 25.5. The fraction of sp³-hybridized carbons (Fsp3) is 0.333. The van der Waals surface area contributed by atoms with E-state index in [4.69, 9.17) is 19.6 Å². The van der Waals surface area contributed by atoms with Crippen LogP contribution >= 0.6 is 11.8 Å². The second-order valence-corrected chi connectivity index (χ2v) is 9.68. The Morgan fingerprint density at radius 3 is 2.53 bits per heavy atom. The zero-order chi connectivity index (χ0) is 25.8. The van der Waals surface area contributed by atoms with Crippen molar-refractivity contribution in [3.63, 3.8) is 0 Å². The highest BCUT2D eigenvalue weighted by molar-refractivity contribution is 8.27. The number of hydrazone groups is 1. The van der Waals surface area contributed by atoms with E-state index in [1.165, 1.54) is 27.9 Å². The SMILES string of the molecule is CCOc1cc(C=C2C(=N)N3N=C(C(C)C)SC3=NC2=O)ccc1OCCOc1ccc(C)c(C)c1. The fourth-order valence-corrected chi connectivity index (χ4v) is 4.42.